The molecule has 0 spiro atoms. The lowest BCUT2D eigenvalue weighted by molar-refractivity contribution is -0.133. The number of nitrogens with zero attached hydrogens (tertiary/aromatic N) is 4. The lowest BCUT2D eigenvalue weighted by atomic mass is 10.2. The number of rotatable bonds is 5. The van der Waals surface area contributed by atoms with Gasteiger partial charge in [-0.3, -0.25) is 4.79 Å². The summed E-state index contributed by atoms with van der Waals surface area (Å²) >= 11 is 1.16. The van der Waals surface area contributed by atoms with Gasteiger partial charge in [-0.2, -0.15) is 0 Å². The molecule has 2 heterocycles. The highest BCUT2D eigenvalue weighted by molar-refractivity contribution is 7.99. The number of carbonyl (C=O) groups is 1. The summed E-state index contributed by atoms with van der Waals surface area (Å²) in [5.74, 6) is -0.184. The van der Waals surface area contributed by atoms with Gasteiger partial charge in [-0.25, -0.2) is 0 Å². The van der Waals surface area contributed by atoms with Crippen molar-refractivity contribution in [3.8, 4) is 17.1 Å². The van der Waals surface area contributed by atoms with Crippen molar-refractivity contribution in [1.82, 2.24) is 19.3 Å². The number of benzene rings is 1. The summed E-state index contributed by atoms with van der Waals surface area (Å²) in [5, 5.41) is 17.5. The average molecular weight is 314 g/mol. The molecule has 7 heteroatoms. The molecule has 0 saturated carbocycles. The molecule has 0 radical (unpaired) electrons. The molecule has 1 N–H and O–H groups in total. The van der Waals surface area contributed by atoms with E-state index in [1.54, 1.807) is 4.57 Å². The van der Waals surface area contributed by atoms with Gasteiger partial charge in [-0.1, -0.05) is 11.8 Å². The van der Waals surface area contributed by atoms with Gasteiger partial charge < -0.3 is 14.2 Å². The molecule has 112 valence electrons. The van der Waals surface area contributed by atoms with Crippen LogP contribution in [0.4, 0.5) is 0 Å². The zero-order valence-electron chi connectivity index (χ0n) is 11.9. The molecule has 3 aromatic rings. The van der Waals surface area contributed by atoms with Crippen LogP contribution in [-0.4, -0.2) is 36.2 Å². The fraction of sp³-hybridized carbons (Fsp3) is 0.133. The third kappa shape index (κ3) is 2.89. The van der Waals surface area contributed by atoms with Gasteiger partial charge in [-0.05, 0) is 36.4 Å². The fourth-order valence-electron chi connectivity index (χ4n) is 2.11. The SMILES string of the molecule is Cn1c(SCC(=O)O)nnc1-c1ccc(-n2cccc2)cc1. The molecule has 0 aliphatic carbocycles. The summed E-state index contributed by atoms with van der Waals surface area (Å²) in [6, 6.07) is 11.9. The summed E-state index contributed by atoms with van der Waals surface area (Å²) in [7, 11) is 1.83. The second kappa shape index (κ2) is 6.07. The monoisotopic (exact) mass is 314 g/mol. The quantitative estimate of drug-likeness (QED) is 0.732. The van der Waals surface area contributed by atoms with Crippen LogP contribution >= 0.6 is 11.8 Å². The minimum Gasteiger partial charge on any atom is -0.481 e. The Morgan fingerprint density at radius 3 is 2.50 bits per heavy atom. The van der Waals surface area contributed by atoms with Crippen LogP contribution in [0.5, 0.6) is 0 Å². The molecule has 0 aliphatic rings. The van der Waals surface area contributed by atoms with Gasteiger partial charge in [0.1, 0.15) is 0 Å². The van der Waals surface area contributed by atoms with E-state index in [0.717, 1.165) is 23.0 Å². The first-order chi connectivity index (χ1) is 10.6. The van der Waals surface area contributed by atoms with Crippen LogP contribution in [-0.2, 0) is 11.8 Å². The van der Waals surface area contributed by atoms with E-state index in [9.17, 15) is 4.79 Å². The zero-order valence-corrected chi connectivity index (χ0v) is 12.7. The minimum atomic E-state index is -0.870. The Morgan fingerprint density at radius 2 is 1.86 bits per heavy atom. The highest BCUT2D eigenvalue weighted by atomic mass is 32.2. The summed E-state index contributed by atoms with van der Waals surface area (Å²) in [4.78, 5) is 10.6. The molecule has 0 unspecified atom stereocenters. The van der Waals surface area contributed by atoms with Crippen LogP contribution in [0.1, 0.15) is 0 Å². The first-order valence-electron chi connectivity index (χ1n) is 6.63. The topological polar surface area (TPSA) is 72.9 Å². The number of thioether (sulfide) groups is 1. The molecule has 0 bridgehead atoms. The largest absolute Gasteiger partial charge is 0.481 e. The average Bonchev–Trinajstić information content (AvgIpc) is 3.15. The maximum Gasteiger partial charge on any atom is 0.313 e. The number of aliphatic carboxylic acids is 1. The molecule has 1 aromatic carbocycles. The molecule has 0 saturated heterocycles. The Hall–Kier alpha value is -2.54. The van der Waals surface area contributed by atoms with Crippen molar-refractivity contribution in [2.75, 3.05) is 5.75 Å². The zero-order chi connectivity index (χ0) is 15.5. The third-order valence-corrected chi connectivity index (χ3v) is 4.19. The second-order valence-corrected chi connectivity index (χ2v) is 5.63. The Balaban J connectivity index is 1.84. The standard InChI is InChI=1S/C15H14N4O2S/c1-18-14(16-17-15(18)22-10-13(20)21)11-4-6-12(7-5-11)19-8-2-3-9-19/h2-9H,10H2,1H3,(H,20,21). The molecule has 6 nitrogen and oxygen atoms in total. The summed E-state index contributed by atoms with van der Waals surface area (Å²) in [6.45, 7) is 0. The maximum absolute atomic E-state index is 10.6. The highest BCUT2D eigenvalue weighted by Crippen LogP contribution is 2.23. The second-order valence-electron chi connectivity index (χ2n) is 4.68. The first kappa shape index (κ1) is 14.4. The third-order valence-electron chi connectivity index (χ3n) is 3.19. The maximum atomic E-state index is 10.6. The van der Waals surface area contributed by atoms with Gasteiger partial charge in [0, 0.05) is 30.7 Å². The molecule has 2 aromatic heterocycles. The van der Waals surface area contributed by atoms with E-state index in [1.165, 1.54) is 0 Å². The number of hydrogen-bond donors (Lipinski definition) is 1. The van der Waals surface area contributed by atoms with Crippen molar-refractivity contribution in [3.05, 3.63) is 48.8 Å². The fourth-order valence-corrected chi connectivity index (χ4v) is 2.74. The predicted molar refractivity (Wildman–Crippen MR) is 84.1 cm³/mol. The normalized spacial score (nSPS) is 10.8. The number of hydrogen-bond acceptors (Lipinski definition) is 4. The predicted octanol–water partition coefficient (Wildman–Crippen LogP) is 2.45. The highest BCUT2D eigenvalue weighted by Gasteiger charge is 2.12. The van der Waals surface area contributed by atoms with Crippen molar-refractivity contribution >= 4 is 17.7 Å². The lowest BCUT2D eigenvalue weighted by Crippen LogP contribution is -2.01. The van der Waals surface area contributed by atoms with Gasteiger partial charge in [0.25, 0.3) is 0 Å². The van der Waals surface area contributed by atoms with Gasteiger partial charge in [0.05, 0.1) is 5.75 Å². The van der Waals surface area contributed by atoms with Gasteiger partial charge in [0.15, 0.2) is 11.0 Å². The number of carboxylic acid groups (broad SMARTS) is 1. The van der Waals surface area contributed by atoms with Gasteiger partial charge >= 0.3 is 5.97 Å². The van der Waals surface area contributed by atoms with E-state index in [4.69, 9.17) is 5.11 Å². The number of carboxylic acids is 1. The molecule has 22 heavy (non-hydrogen) atoms. The lowest BCUT2D eigenvalue weighted by Gasteiger charge is -2.06. The summed E-state index contributed by atoms with van der Waals surface area (Å²) in [5.41, 5.74) is 2.00. The van der Waals surface area contributed by atoms with Crippen molar-refractivity contribution in [2.45, 2.75) is 5.16 Å². The Bertz CT molecular complexity index is 778. The smallest absolute Gasteiger partial charge is 0.313 e. The first-order valence-corrected chi connectivity index (χ1v) is 7.61. The molecule has 0 fully saturated rings. The number of aromatic nitrogens is 4. The molecule has 0 aliphatic heterocycles. The van der Waals surface area contributed by atoms with E-state index >= 15 is 0 Å². The van der Waals surface area contributed by atoms with E-state index in [2.05, 4.69) is 10.2 Å². The van der Waals surface area contributed by atoms with Crippen LogP contribution < -0.4 is 0 Å². The van der Waals surface area contributed by atoms with Crippen LogP contribution in [0, 0.1) is 0 Å². The Kier molecular flexibility index (Phi) is 3.97. The Labute approximate surface area is 131 Å². The van der Waals surface area contributed by atoms with Crippen molar-refractivity contribution in [2.24, 2.45) is 7.05 Å². The van der Waals surface area contributed by atoms with Gasteiger partial charge in [-0.15, -0.1) is 10.2 Å². The van der Waals surface area contributed by atoms with E-state index < -0.39 is 5.97 Å². The van der Waals surface area contributed by atoms with E-state index in [0.29, 0.717) is 11.0 Å². The van der Waals surface area contributed by atoms with Gasteiger partial charge in [0.2, 0.25) is 0 Å². The van der Waals surface area contributed by atoms with Crippen LogP contribution in [0.2, 0.25) is 0 Å². The Morgan fingerprint density at radius 1 is 1.18 bits per heavy atom. The summed E-state index contributed by atoms with van der Waals surface area (Å²) < 4.78 is 3.83. The summed E-state index contributed by atoms with van der Waals surface area (Å²) in [6.07, 6.45) is 3.97. The van der Waals surface area contributed by atoms with Crippen molar-refractivity contribution in [1.29, 1.82) is 0 Å². The molecule has 3 rings (SSSR count). The van der Waals surface area contributed by atoms with Crippen LogP contribution in [0.3, 0.4) is 0 Å². The minimum absolute atomic E-state index is 0.0292. The van der Waals surface area contributed by atoms with E-state index in [1.807, 2.05) is 60.4 Å². The van der Waals surface area contributed by atoms with Crippen molar-refractivity contribution in [3.63, 3.8) is 0 Å². The van der Waals surface area contributed by atoms with E-state index in [-0.39, 0.29) is 5.75 Å². The van der Waals surface area contributed by atoms with Crippen LogP contribution in [0.15, 0.2) is 53.9 Å². The van der Waals surface area contributed by atoms with Crippen LogP contribution in [0.25, 0.3) is 17.1 Å². The molecule has 0 atom stereocenters. The molecular weight excluding hydrogens is 300 g/mol. The van der Waals surface area contributed by atoms with Crippen molar-refractivity contribution < 1.29 is 9.90 Å². The molecular formula is C15H14N4O2S. The molecule has 0 amide bonds.